The molecule has 25 heavy (non-hydrogen) atoms. The molecule has 2 aliphatic rings. The molecule has 6 nitrogen and oxygen atoms in total. The number of carbonyl (C=O) groups is 1. The predicted octanol–water partition coefficient (Wildman–Crippen LogP) is 3.23. The molecule has 2 saturated carbocycles. The van der Waals surface area contributed by atoms with Crippen LogP contribution in [0.1, 0.15) is 76.4 Å². The van der Waals surface area contributed by atoms with Crippen LogP contribution in [-0.2, 0) is 16.9 Å². The molecule has 6 heteroatoms. The number of hydrogen-bond acceptors (Lipinski definition) is 5. The van der Waals surface area contributed by atoms with Gasteiger partial charge in [0.25, 0.3) is 0 Å². The van der Waals surface area contributed by atoms with Crippen molar-refractivity contribution in [3.05, 3.63) is 11.7 Å². The normalized spacial score (nSPS) is 26.1. The van der Waals surface area contributed by atoms with Gasteiger partial charge in [-0.25, -0.2) is 0 Å². The van der Waals surface area contributed by atoms with Gasteiger partial charge in [0.05, 0.1) is 6.54 Å². The summed E-state index contributed by atoms with van der Waals surface area (Å²) in [5.41, 5.74) is -0.425. The predicted molar refractivity (Wildman–Crippen MR) is 95.7 cm³/mol. The average Bonchev–Trinajstić information content (AvgIpc) is 3.17. The average molecular weight is 348 g/mol. The highest BCUT2D eigenvalue weighted by atomic mass is 16.5. The molecule has 2 fully saturated rings. The van der Waals surface area contributed by atoms with Crippen molar-refractivity contribution in [2.75, 3.05) is 14.1 Å². The molecule has 0 spiro atoms. The molecule has 1 heterocycles. The fourth-order valence-corrected chi connectivity index (χ4v) is 4.49. The minimum atomic E-state index is -0.425. The monoisotopic (exact) mass is 348 g/mol. The van der Waals surface area contributed by atoms with Crippen molar-refractivity contribution in [1.29, 1.82) is 0 Å². The van der Waals surface area contributed by atoms with Gasteiger partial charge in [0.2, 0.25) is 11.8 Å². The minimum Gasteiger partial charge on any atom is -0.343 e. The molecule has 0 bridgehead atoms. The smallest absolute Gasteiger partial charge is 0.240 e. The summed E-state index contributed by atoms with van der Waals surface area (Å²) in [5, 5.41) is 7.51. The van der Waals surface area contributed by atoms with Gasteiger partial charge in [-0.05, 0) is 51.6 Å². The zero-order chi connectivity index (χ0) is 17.9. The molecule has 0 unspecified atom stereocenters. The summed E-state index contributed by atoms with van der Waals surface area (Å²) in [5.74, 6) is 2.70. The van der Waals surface area contributed by atoms with E-state index < -0.39 is 5.54 Å². The van der Waals surface area contributed by atoms with Crippen molar-refractivity contribution in [2.24, 2.45) is 11.8 Å². The largest absolute Gasteiger partial charge is 0.343 e. The first-order chi connectivity index (χ1) is 12.0. The maximum atomic E-state index is 12.7. The van der Waals surface area contributed by atoms with Gasteiger partial charge in [-0.15, -0.1) is 0 Å². The summed E-state index contributed by atoms with van der Waals surface area (Å²) in [6.45, 7) is 2.92. The van der Waals surface area contributed by atoms with Gasteiger partial charge >= 0.3 is 0 Å². The summed E-state index contributed by atoms with van der Waals surface area (Å²) >= 11 is 0. The number of nitrogens with one attached hydrogen (secondary N) is 1. The van der Waals surface area contributed by atoms with E-state index in [2.05, 4.69) is 22.4 Å². The van der Waals surface area contributed by atoms with E-state index >= 15 is 0 Å². The quantitative estimate of drug-likeness (QED) is 0.854. The minimum absolute atomic E-state index is 0.153. The topological polar surface area (TPSA) is 71.3 Å². The van der Waals surface area contributed by atoms with Crippen LogP contribution in [0.15, 0.2) is 4.52 Å². The van der Waals surface area contributed by atoms with Gasteiger partial charge in [0.1, 0.15) is 5.54 Å². The number of nitrogens with zero attached hydrogens (tertiary/aromatic N) is 3. The second kappa shape index (κ2) is 7.85. The maximum Gasteiger partial charge on any atom is 0.240 e. The summed E-state index contributed by atoms with van der Waals surface area (Å²) in [6, 6.07) is 0. The van der Waals surface area contributed by atoms with Gasteiger partial charge in [-0.2, -0.15) is 4.98 Å². The van der Waals surface area contributed by atoms with E-state index in [0.717, 1.165) is 31.6 Å². The van der Waals surface area contributed by atoms with Crippen molar-refractivity contribution in [3.63, 3.8) is 0 Å². The Morgan fingerprint density at radius 1 is 1.28 bits per heavy atom. The third-order valence-electron chi connectivity index (χ3n) is 5.70. The van der Waals surface area contributed by atoms with E-state index in [1.54, 1.807) is 0 Å². The summed E-state index contributed by atoms with van der Waals surface area (Å²) in [6.07, 6.45) is 9.55. The van der Waals surface area contributed by atoms with E-state index in [-0.39, 0.29) is 5.91 Å². The van der Waals surface area contributed by atoms with Crippen LogP contribution in [0.4, 0.5) is 0 Å². The Kier molecular flexibility index (Phi) is 5.77. The lowest BCUT2D eigenvalue weighted by atomic mass is 9.80. The molecule has 2 atom stereocenters. The molecule has 0 aromatic carbocycles. The highest BCUT2D eigenvalue weighted by Crippen LogP contribution is 2.38. The highest BCUT2D eigenvalue weighted by molar-refractivity contribution is 5.77. The SMILES string of the molecule is C[C@@H]1CCC[C@H](CC(=O)NC2(c3noc(CN(C)C)n3)CCCC2)C1. The van der Waals surface area contributed by atoms with E-state index in [1.165, 1.54) is 25.7 Å². The molecule has 0 radical (unpaired) electrons. The molecule has 0 saturated heterocycles. The van der Waals surface area contributed by atoms with E-state index in [0.29, 0.717) is 30.6 Å². The summed E-state index contributed by atoms with van der Waals surface area (Å²) in [4.78, 5) is 19.3. The van der Waals surface area contributed by atoms with Crippen molar-refractivity contribution >= 4 is 5.91 Å². The Morgan fingerprint density at radius 3 is 2.72 bits per heavy atom. The van der Waals surface area contributed by atoms with Crippen molar-refractivity contribution in [2.45, 2.75) is 76.8 Å². The lowest BCUT2D eigenvalue weighted by Gasteiger charge is -2.30. The van der Waals surface area contributed by atoms with Gasteiger partial charge in [-0.3, -0.25) is 4.79 Å². The van der Waals surface area contributed by atoms with Crippen molar-refractivity contribution in [3.8, 4) is 0 Å². The molecular formula is C19H32N4O2. The third kappa shape index (κ3) is 4.60. The van der Waals surface area contributed by atoms with Crippen LogP contribution < -0.4 is 5.32 Å². The van der Waals surface area contributed by atoms with Crippen LogP contribution in [0.2, 0.25) is 0 Å². The first kappa shape index (κ1) is 18.4. The van der Waals surface area contributed by atoms with Gasteiger partial charge in [0, 0.05) is 6.42 Å². The van der Waals surface area contributed by atoms with Gasteiger partial charge < -0.3 is 14.7 Å². The third-order valence-corrected chi connectivity index (χ3v) is 5.70. The zero-order valence-corrected chi connectivity index (χ0v) is 15.9. The number of amides is 1. The lowest BCUT2D eigenvalue weighted by Crippen LogP contribution is -2.45. The Hall–Kier alpha value is -1.43. The molecule has 1 aromatic rings. The standard InChI is InChI=1S/C19H32N4O2/c1-14-7-6-8-15(11-14)12-16(24)21-19(9-4-5-10-19)18-20-17(25-22-18)13-23(2)3/h14-15H,4-13H2,1-3H3,(H,21,24)/t14-,15+/m1/s1. The lowest BCUT2D eigenvalue weighted by molar-refractivity contribution is -0.124. The van der Waals surface area contributed by atoms with Crippen LogP contribution in [0, 0.1) is 11.8 Å². The molecule has 140 valence electrons. The highest BCUT2D eigenvalue weighted by Gasteiger charge is 2.41. The van der Waals surface area contributed by atoms with Crippen LogP contribution in [-0.4, -0.2) is 35.0 Å². The number of aromatic nitrogens is 2. The number of hydrogen-bond donors (Lipinski definition) is 1. The fourth-order valence-electron chi connectivity index (χ4n) is 4.49. The Balaban J connectivity index is 1.65. The summed E-state index contributed by atoms with van der Waals surface area (Å²) in [7, 11) is 3.95. The number of carbonyl (C=O) groups excluding carboxylic acids is 1. The number of rotatable bonds is 6. The molecule has 1 amide bonds. The van der Waals surface area contributed by atoms with E-state index in [1.807, 2.05) is 19.0 Å². The zero-order valence-electron chi connectivity index (χ0n) is 15.9. The Morgan fingerprint density at radius 2 is 2.04 bits per heavy atom. The van der Waals surface area contributed by atoms with Gasteiger partial charge in [0.15, 0.2) is 5.82 Å². The van der Waals surface area contributed by atoms with Crippen LogP contribution in [0.3, 0.4) is 0 Å². The molecule has 3 rings (SSSR count). The Bertz CT molecular complexity index is 578. The second-order valence-corrected chi connectivity index (χ2v) is 8.43. The molecular weight excluding hydrogens is 316 g/mol. The van der Waals surface area contributed by atoms with Crippen molar-refractivity contribution < 1.29 is 9.32 Å². The first-order valence-corrected chi connectivity index (χ1v) is 9.76. The van der Waals surface area contributed by atoms with Crippen molar-refractivity contribution in [1.82, 2.24) is 20.4 Å². The van der Waals surface area contributed by atoms with E-state index in [9.17, 15) is 4.79 Å². The fraction of sp³-hybridized carbons (Fsp3) is 0.842. The molecule has 1 N–H and O–H groups in total. The molecule has 2 aliphatic carbocycles. The second-order valence-electron chi connectivity index (χ2n) is 8.43. The van der Waals surface area contributed by atoms with E-state index in [4.69, 9.17) is 4.52 Å². The van der Waals surface area contributed by atoms with Crippen LogP contribution >= 0.6 is 0 Å². The van der Waals surface area contributed by atoms with Crippen LogP contribution in [0.5, 0.6) is 0 Å². The van der Waals surface area contributed by atoms with Crippen LogP contribution in [0.25, 0.3) is 0 Å². The molecule has 1 aromatic heterocycles. The maximum absolute atomic E-state index is 12.7. The van der Waals surface area contributed by atoms with Gasteiger partial charge in [-0.1, -0.05) is 37.8 Å². The first-order valence-electron chi connectivity index (χ1n) is 9.76. The Labute approximate surface area is 150 Å². The molecule has 0 aliphatic heterocycles. The summed E-state index contributed by atoms with van der Waals surface area (Å²) < 4.78 is 5.40.